The van der Waals surface area contributed by atoms with Crippen molar-refractivity contribution in [1.82, 2.24) is 4.98 Å². The van der Waals surface area contributed by atoms with Gasteiger partial charge in [0.25, 0.3) is 0 Å². The average molecular weight is 153 g/mol. The Balaban J connectivity index is 2.28. The highest BCUT2D eigenvalue weighted by atomic mass is 32.1. The molecule has 0 amide bonds. The summed E-state index contributed by atoms with van der Waals surface area (Å²) in [6, 6.07) is 0. The van der Waals surface area contributed by atoms with E-state index in [0.29, 0.717) is 0 Å². The van der Waals surface area contributed by atoms with Crippen molar-refractivity contribution in [1.29, 1.82) is 0 Å². The van der Waals surface area contributed by atoms with E-state index in [1.807, 2.05) is 5.38 Å². The Labute approximate surface area is 63.2 Å². The Kier molecular flexibility index (Phi) is 1.43. The molecule has 3 heteroatoms. The van der Waals surface area contributed by atoms with Crippen LogP contribution < -0.4 is 0 Å². The number of hydrogen-bond acceptors (Lipinski definition) is 3. The molecule has 0 radical (unpaired) electrons. The second kappa shape index (κ2) is 2.42. The molecule has 0 spiro atoms. The first-order valence-corrected chi connectivity index (χ1v) is 4.07. The third-order valence-electron chi connectivity index (χ3n) is 1.35. The van der Waals surface area contributed by atoms with Crippen LogP contribution in [-0.4, -0.2) is 11.6 Å². The lowest BCUT2D eigenvalue weighted by molar-refractivity contribution is 0.307. The van der Waals surface area contributed by atoms with Crippen molar-refractivity contribution in [3.05, 3.63) is 22.7 Å². The first-order valence-electron chi connectivity index (χ1n) is 3.19. The van der Waals surface area contributed by atoms with Crippen LogP contribution in [0.2, 0.25) is 0 Å². The predicted molar refractivity (Wildman–Crippen MR) is 40.7 cm³/mol. The van der Waals surface area contributed by atoms with Crippen LogP contribution in [0.15, 0.2) is 17.7 Å². The van der Waals surface area contributed by atoms with Crippen LogP contribution in [0.1, 0.15) is 11.4 Å². The lowest BCUT2D eigenvalue weighted by Gasteiger charge is -1.96. The van der Waals surface area contributed by atoms with Crippen molar-refractivity contribution < 1.29 is 4.74 Å². The molecule has 1 aliphatic heterocycles. The van der Waals surface area contributed by atoms with Crippen LogP contribution in [0.5, 0.6) is 0 Å². The summed E-state index contributed by atoms with van der Waals surface area (Å²) in [6.07, 6.45) is 4.90. The maximum atomic E-state index is 5.31. The van der Waals surface area contributed by atoms with Crippen LogP contribution in [-0.2, 0) is 4.74 Å². The van der Waals surface area contributed by atoms with Crippen LogP contribution in [0.3, 0.4) is 0 Å². The van der Waals surface area contributed by atoms with Crippen LogP contribution in [0.25, 0.3) is 5.76 Å². The molecule has 0 N–H and O–H groups in total. The molecule has 1 aromatic rings. The molecule has 0 bridgehead atoms. The van der Waals surface area contributed by atoms with E-state index in [0.717, 1.165) is 23.8 Å². The summed E-state index contributed by atoms with van der Waals surface area (Å²) in [5, 5.41) is 2.95. The minimum absolute atomic E-state index is 0.814. The molecule has 1 aliphatic rings. The van der Waals surface area contributed by atoms with E-state index in [2.05, 4.69) is 11.1 Å². The van der Waals surface area contributed by atoms with E-state index in [1.165, 1.54) is 0 Å². The number of nitrogens with zero attached hydrogens (tertiary/aromatic N) is 1. The number of ether oxygens (including phenoxy) is 1. The van der Waals surface area contributed by atoms with Gasteiger partial charge >= 0.3 is 0 Å². The molecule has 10 heavy (non-hydrogen) atoms. The minimum atomic E-state index is 0.814. The van der Waals surface area contributed by atoms with Crippen molar-refractivity contribution in [2.75, 3.05) is 6.61 Å². The van der Waals surface area contributed by atoms with Gasteiger partial charge in [0.15, 0.2) is 10.8 Å². The van der Waals surface area contributed by atoms with Crippen molar-refractivity contribution in [3.8, 4) is 0 Å². The average Bonchev–Trinajstić information content (AvgIpc) is 2.59. The fraction of sp³-hybridized carbons (Fsp3) is 0.286. The maximum Gasteiger partial charge on any atom is 0.157 e. The van der Waals surface area contributed by atoms with E-state index >= 15 is 0 Å². The van der Waals surface area contributed by atoms with Crippen molar-refractivity contribution in [3.63, 3.8) is 0 Å². The van der Waals surface area contributed by atoms with Gasteiger partial charge in [0.2, 0.25) is 0 Å². The summed E-state index contributed by atoms with van der Waals surface area (Å²) in [6.45, 7) is 0.814. The lowest BCUT2D eigenvalue weighted by Crippen LogP contribution is -1.82. The van der Waals surface area contributed by atoms with Gasteiger partial charge in [-0.25, -0.2) is 4.98 Å². The zero-order chi connectivity index (χ0) is 6.81. The summed E-state index contributed by atoms with van der Waals surface area (Å²) in [5.41, 5.74) is 0. The summed E-state index contributed by atoms with van der Waals surface area (Å²) >= 11 is 1.62. The first-order chi connectivity index (χ1) is 4.97. The topological polar surface area (TPSA) is 22.1 Å². The molecule has 0 fully saturated rings. The fourth-order valence-electron chi connectivity index (χ4n) is 0.912. The highest BCUT2D eigenvalue weighted by molar-refractivity contribution is 7.10. The predicted octanol–water partition coefficient (Wildman–Crippen LogP) is 1.90. The van der Waals surface area contributed by atoms with Gasteiger partial charge in [-0.3, -0.25) is 0 Å². The SMILES string of the molecule is C1=C(c2nccs2)OCC1. The van der Waals surface area contributed by atoms with Crippen molar-refractivity contribution in [2.24, 2.45) is 0 Å². The number of thiazole rings is 1. The second-order valence-corrected chi connectivity index (χ2v) is 2.94. The van der Waals surface area contributed by atoms with Gasteiger partial charge in [0.1, 0.15) is 0 Å². The smallest absolute Gasteiger partial charge is 0.157 e. The molecule has 0 unspecified atom stereocenters. The molecular formula is C7H7NOS. The summed E-state index contributed by atoms with van der Waals surface area (Å²) < 4.78 is 5.31. The van der Waals surface area contributed by atoms with Gasteiger partial charge < -0.3 is 4.74 Å². The Morgan fingerprint density at radius 1 is 1.60 bits per heavy atom. The van der Waals surface area contributed by atoms with Crippen molar-refractivity contribution in [2.45, 2.75) is 6.42 Å². The number of aromatic nitrogens is 1. The third-order valence-corrected chi connectivity index (χ3v) is 2.14. The van der Waals surface area contributed by atoms with Gasteiger partial charge in [-0.15, -0.1) is 11.3 Å². The molecule has 2 heterocycles. The fourth-order valence-corrected chi connectivity index (χ4v) is 1.54. The maximum absolute atomic E-state index is 5.31. The first kappa shape index (κ1) is 5.92. The molecule has 0 aromatic carbocycles. The van der Waals surface area contributed by atoms with E-state index in [4.69, 9.17) is 4.74 Å². The van der Waals surface area contributed by atoms with E-state index in [1.54, 1.807) is 17.5 Å². The molecule has 0 aliphatic carbocycles. The monoisotopic (exact) mass is 153 g/mol. The van der Waals surface area contributed by atoms with Gasteiger partial charge in [0.05, 0.1) is 6.61 Å². The van der Waals surface area contributed by atoms with Crippen LogP contribution in [0, 0.1) is 0 Å². The molecular weight excluding hydrogens is 146 g/mol. The standard InChI is InChI=1S/C7H7NOS/c1-2-6(9-4-1)7-8-3-5-10-7/h2-3,5H,1,4H2. The van der Waals surface area contributed by atoms with Gasteiger partial charge in [-0.05, 0) is 6.08 Å². The molecule has 0 saturated heterocycles. The van der Waals surface area contributed by atoms with Crippen LogP contribution >= 0.6 is 11.3 Å². The Morgan fingerprint density at radius 3 is 3.20 bits per heavy atom. The van der Waals surface area contributed by atoms with Crippen LogP contribution in [0.4, 0.5) is 0 Å². The molecule has 0 saturated carbocycles. The van der Waals surface area contributed by atoms with Gasteiger partial charge in [-0.2, -0.15) is 0 Å². The normalized spacial score (nSPS) is 16.6. The third kappa shape index (κ3) is 0.926. The zero-order valence-corrected chi connectivity index (χ0v) is 6.23. The molecule has 0 atom stereocenters. The quantitative estimate of drug-likeness (QED) is 0.614. The van der Waals surface area contributed by atoms with E-state index in [-0.39, 0.29) is 0 Å². The largest absolute Gasteiger partial charge is 0.490 e. The lowest BCUT2D eigenvalue weighted by atomic mass is 10.4. The summed E-state index contributed by atoms with van der Waals surface area (Å²) in [5.74, 6) is 0.954. The number of rotatable bonds is 1. The second-order valence-electron chi connectivity index (χ2n) is 2.04. The van der Waals surface area contributed by atoms with Gasteiger partial charge in [-0.1, -0.05) is 0 Å². The number of hydrogen-bond donors (Lipinski definition) is 0. The Bertz CT molecular complexity index is 240. The Morgan fingerprint density at radius 2 is 2.60 bits per heavy atom. The summed E-state index contributed by atoms with van der Waals surface area (Å²) in [7, 11) is 0. The highest BCUT2D eigenvalue weighted by Gasteiger charge is 2.09. The van der Waals surface area contributed by atoms with E-state index in [9.17, 15) is 0 Å². The van der Waals surface area contributed by atoms with E-state index < -0.39 is 0 Å². The molecule has 2 rings (SSSR count). The zero-order valence-electron chi connectivity index (χ0n) is 5.41. The highest BCUT2D eigenvalue weighted by Crippen LogP contribution is 2.22. The Hall–Kier alpha value is -0.830. The molecule has 1 aromatic heterocycles. The van der Waals surface area contributed by atoms with Gasteiger partial charge in [0, 0.05) is 18.0 Å². The molecule has 2 nitrogen and oxygen atoms in total. The molecule has 52 valence electrons. The summed E-state index contributed by atoms with van der Waals surface area (Å²) in [4.78, 5) is 4.12. The van der Waals surface area contributed by atoms with Crippen molar-refractivity contribution >= 4 is 17.1 Å². The minimum Gasteiger partial charge on any atom is -0.490 e.